The van der Waals surface area contributed by atoms with Crippen LogP contribution in [0.3, 0.4) is 0 Å². The van der Waals surface area contributed by atoms with E-state index < -0.39 is 0 Å². The van der Waals surface area contributed by atoms with E-state index in [1.54, 1.807) is 0 Å². The van der Waals surface area contributed by atoms with Crippen LogP contribution in [0.15, 0.2) is 18.5 Å². The summed E-state index contributed by atoms with van der Waals surface area (Å²) in [5.41, 5.74) is 2.64. The minimum absolute atomic E-state index is 0.742. The number of rotatable bonds is 9. The average Bonchev–Trinajstić information content (AvgIpc) is 2.40. The fourth-order valence-corrected chi connectivity index (χ4v) is 2.24. The third kappa shape index (κ3) is 5.91. The van der Waals surface area contributed by atoms with Crippen LogP contribution in [0.4, 0.5) is 5.69 Å². The van der Waals surface area contributed by atoms with Crippen LogP contribution in [0.2, 0.25) is 0 Å². The molecule has 3 heteroatoms. The first-order chi connectivity index (χ1) is 9.54. The Morgan fingerprint density at radius 3 is 2.20 bits per heavy atom. The number of hydrogen-bond acceptors (Lipinski definition) is 3. The Morgan fingerprint density at radius 2 is 1.70 bits per heavy atom. The van der Waals surface area contributed by atoms with E-state index >= 15 is 0 Å². The molecule has 0 spiro atoms. The van der Waals surface area contributed by atoms with Crippen LogP contribution in [-0.2, 0) is 6.54 Å². The molecule has 0 saturated heterocycles. The second-order valence-corrected chi connectivity index (χ2v) is 6.39. The molecule has 0 atom stereocenters. The Morgan fingerprint density at radius 1 is 1.10 bits per heavy atom. The van der Waals surface area contributed by atoms with Gasteiger partial charge in [-0.15, -0.1) is 0 Å². The summed E-state index contributed by atoms with van der Waals surface area (Å²) in [6.07, 6.45) is 6.37. The van der Waals surface area contributed by atoms with Crippen LogP contribution < -0.4 is 10.2 Å². The van der Waals surface area contributed by atoms with Gasteiger partial charge in [0.1, 0.15) is 0 Å². The molecule has 0 aliphatic carbocycles. The molecule has 0 bridgehead atoms. The van der Waals surface area contributed by atoms with E-state index in [4.69, 9.17) is 0 Å². The van der Waals surface area contributed by atoms with E-state index in [1.165, 1.54) is 24.1 Å². The molecule has 1 N–H and O–H groups in total. The van der Waals surface area contributed by atoms with Crippen LogP contribution in [-0.4, -0.2) is 25.1 Å². The number of anilines is 1. The summed E-state index contributed by atoms with van der Waals surface area (Å²) in [7, 11) is 1.99. The first kappa shape index (κ1) is 17.0. The molecule has 1 aromatic heterocycles. The first-order valence-corrected chi connectivity index (χ1v) is 7.87. The first-order valence-electron chi connectivity index (χ1n) is 7.87. The third-order valence-electron chi connectivity index (χ3n) is 3.54. The number of nitrogens with one attached hydrogen (secondary N) is 1. The van der Waals surface area contributed by atoms with Crippen LogP contribution in [0, 0.1) is 11.8 Å². The summed E-state index contributed by atoms with van der Waals surface area (Å²) >= 11 is 0. The SMILES string of the molecule is CNCc1cnccc1N(CCC(C)C)CCC(C)C. The van der Waals surface area contributed by atoms with Crippen molar-refractivity contribution in [2.75, 3.05) is 25.0 Å². The second kappa shape index (κ2) is 8.96. The Labute approximate surface area is 124 Å². The summed E-state index contributed by atoms with van der Waals surface area (Å²) in [5.74, 6) is 1.48. The van der Waals surface area contributed by atoms with Crippen LogP contribution >= 0.6 is 0 Å². The van der Waals surface area contributed by atoms with Gasteiger partial charge in [-0.05, 0) is 37.8 Å². The molecule has 1 heterocycles. The van der Waals surface area contributed by atoms with Crippen molar-refractivity contribution in [2.24, 2.45) is 11.8 Å². The maximum Gasteiger partial charge on any atom is 0.0442 e. The molecule has 1 aromatic rings. The molecule has 20 heavy (non-hydrogen) atoms. The lowest BCUT2D eigenvalue weighted by Crippen LogP contribution is -2.29. The molecule has 114 valence electrons. The van der Waals surface area contributed by atoms with Gasteiger partial charge in [-0.25, -0.2) is 0 Å². The molecule has 3 nitrogen and oxygen atoms in total. The van der Waals surface area contributed by atoms with E-state index in [1.807, 2.05) is 19.4 Å². The van der Waals surface area contributed by atoms with Gasteiger partial charge in [-0.3, -0.25) is 4.98 Å². The van der Waals surface area contributed by atoms with Crippen molar-refractivity contribution in [2.45, 2.75) is 47.1 Å². The zero-order valence-electron chi connectivity index (χ0n) is 13.8. The van der Waals surface area contributed by atoms with E-state index in [9.17, 15) is 0 Å². The molecule has 0 amide bonds. The van der Waals surface area contributed by atoms with E-state index in [-0.39, 0.29) is 0 Å². The van der Waals surface area contributed by atoms with Gasteiger partial charge in [0.15, 0.2) is 0 Å². The van der Waals surface area contributed by atoms with Crippen LogP contribution in [0.5, 0.6) is 0 Å². The van der Waals surface area contributed by atoms with E-state index in [2.05, 4.69) is 49.0 Å². The molecule has 0 fully saturated rings. The minimum atomic E-state index is 0.742. The zero-order chi connectivity index (χ0) is 15.0. The van der Waals surface area contributed by atoms with E-state index in [0.717, 1.165) is 31.5 Å². The quantitative estimate of drug-likeness (QED) is 0.746. The number of aromatic nitrogens is 1. The van der Waals surface area contributed by atoms with Crippen molar-refractivity contribution >= 4 is 5.69 Å². The lowest BCUT2D eigenvalue weighted by molar-refractivity contribution is 0.534. The highest BCUT2D eigenvalue weighted by Gasteiger charge is 2.12. The third-order valence-corrected chi connectivity index (χ3v) is 3.54. The predicted molar refractivity (Wildman–Crippen MR) is 88.1 cm³/mol. The zero-order valence-corrected chi connectivity index (χ0v) is 13.8. The van der Waals surface area contributed by atoms with Gasteiger partial charge in [0.25, 0.3) is 0 Å². The summed E-state index contributed by atoms with van der Waals surface area (Å²) in [5, 5.41) is 3.24. The van der Waals surface area contributed by atoms with Crippen molar-refractivity contribution in [3.8, 4) is 0 Å². The normalized spacial score (nSPS) is 11.3. The highest BCUT2D eigenvalue weighted by molar-refractivity contribution is 5.52. The highest BCUT2D eigenvalue weighted by atomic mass is 15.1. The molecule has 0 unspecified atom stereocenters. The molecule has 0 radical (unpaired) electrons. The molecular formula is C17H31N3. The van der Waals surface area contributed by atoms with Crippen molar-refractivity contribution < 1.29 is 0 Å². The number of hydrogen-bond donors (Lipinski definition) is 1. The molecule has 0 saturated carbocycles. The van der Waals surface area contributed by atoms with Gasteiger partial charge in [-0.2, -0.15) is 0 Å². The van der Waals surface area contributed by atoms with Gasteiger partial charge < -0.3 is 10.2 Å². The second-order valence-electron chi connectivity index (χ2n) is 6.39. The fourth-order valence-electron chi connectivity index (χ4n) is 2.24. The lowest BCUT2D eigenvalue weighted by atomic mass is 10.1. The molecule has 0 aliphatic heterocycles. The summed E-state index contributed by atoms with van der Waals surface area (Å²) in [4.78, 5) is 6.81. The maximum absolute atomic E-state index is 4.27. The summed E-state index contributed by atoms with van der Waals surface area (Å²) in [6, 6.07) is 2.16. The summed E-state index contributed by atoms with van der Waals surface area (Å²) < 4.78 is 0. The van der Waals surface area contributed by atoms with Gasteiger partial charge >= 0.3 is 0 Å². The monoisotopic (exact) mass is 277 g/mol. The van der Waals surface area contributed by atoms with Crippen molar-refractivity contribution in [3.63, 3.8) is 0 Å². The molecule has 0 aromatic carbocycles. The highest BCUT2D eigenvalue weighted by Crippen LogP contribution is 2.21. The Balaban J connectivity index is 2.84. The Kier molecular flexibility index (Phi) is 7.60. The lowest BCUT2D eigenvalue weighted by Gasteiger charge is -2.28. The van der Waals surface area contributed by atoms with Gasteiger partial charge in [-0.1, -0.05) is 27.7 Å². The smallest absolute Gasteiger partial charge is 0.0442 e. The number of nitrogens with zero attached hydrogens (tertiary/aromatic N) is 2. The number of pyridine rings is 1. The largest absolute Gasteiger partial charge is 0.371 e. The topological polar surface area (TPSA) is 28.2 Å². The molecule has 0 aliphatic rings. The van der Waals surface area contributed by atoms with Crippen LogP contribution in [0.1, 0.15) is 46.1 Å². The van der Waals surface area contributed by atoms with Crippen molar-refractivity contribution in [1.82, 2.24) is 10.3 Å². The Bertz CT molecular complexity index is 362. The fraction of sp³-hybridized carbons (Fsp3) is 0.706. The van der Waals surface area contributed by atoms with Crippen molar-refractivity contribution in [1.29, 1.82) is 0 Å². The van der Waals surface area contributed by atoms with E-state index in [0.29, 0.717) is 0 Å². The van der Waals surface area contributed by atoms with Gasteiger partial charge in [0.05, 0.1) is 0 Å². The summed E-state index contributed by atoms with van der Waals surface area (Å²) in [6.45, 7) is 12.3. The molecule has 1 rings (SSSR count). The van der Waals surface area contributed by atoms with Gasteiger partial charge in [0.2, 0.25) is 0 Å². The van der Waals surface area contributed by atoms with Crippen LogP contribution in [0.25, 0.3) is 0 Å². The molecular weight excluding hydrogens is 246 g/mol. The van der Waals surface area contributed by atoms with Gasteiger partial charge in [0, 0.05) is 43.3 Å². The average molecular weight is 277 g/mol. The van der Waals surface area contributed by atoms with Crippen molar-refractivity contribution in [3.05, 3.63) is 24.0 Å². The predicted octanol–water partition coefficient (Wildman–Crippen LogP) is 3.70. The minimum Gasteiger partial charge on any atom is -0.371 e. The Hall–Kier alpha value is -1.09. The standard InChI is InChI=1S/C17H31N3/c1-14(2)7-10-20(11-8-15(3)4)17-6-9-19-13-16(17)12-18-5/h6,9,13-15,18H,7-8,10-12H2,1-5H3. The maximum atomic E-state index is 4.27.